The molecule has 5 heteroatoms. The van der Waals surface area contributed by atoms with Crippen LogP contribution in [0, 0.1) is 29.2 Å². The summed E-state index contributed by atoms with van der Waals surface area (Å²) in [6.45, 7) is 4.33. The molecule has 0 unspecified atom stereocenters. The highest BCUT2D eigenvalue weighted by Crippen LogP contribution is 2.40. The van der Waals surface area contributed by atoms with Crippen LogP contribution < -0.4 is 4.74 Å². The van der Waals surface area contributed by atoms with Gasteiger partial charge in [0, 0.05) is 11.1 Å². The number of hydrogen-bond acceptors (Lipinski definition) is 1. The van der Waals surface area contributed by atoms with Crippen molar-refractivity contribution in [2.75, 3.05) is 6.61 Å². The van der Waals surface area contributed by atoms with Crippen LogP contribution in [0.2, 0.25) is 0 Å². The summed E-state index contributed by atoms with van der Waals surface area (Å²) in [4.78, 5) is 0. The second-order valence-electron chi connectivity index (χ2n) is 10.2. The Morgan fingerprint density at radius 1 is 0.763 bits per heavy atom. The zero-order valence-corrected chi connectivity index (χ0v) is 22.2. The maximum atomic E-state index is 15.2. The number of unbranched alkanes of at least 4 members (excludes halogenated alkanes) is 1. The van der Waals surface area contributed by atoms with Gasteiger partial charge >= 0.3 is 0 Å². The Balaban J connectivity index is 1.48. The van der Waals surface area contributed by atoms with Gasteiger partial charge < -0.3 is 4.74 Å². The molecule has 0 aromatic heterocycles. The van der Waals surface area contributed by atoms with Gasteiger partial charge in [-0.05, 0) is 92.5 Å². The minimum Gasteiger partial charge on any atom is -0.490 e. The van der Waals surface area contributed by atoms with Gasteiger partial charge in [-0.1, -0.05) is 61.9 Å². The van der Waals surface area contributed by atoms with Crippen LogP contribution in [0.25, 0.3) is 22.3 Å². The van der Waals surface area contributed by atoms with Crippen molar-refractivity contribution in [2.24, 2.45) is 5.92 Å². The SMILES string of the molecule is C/C=C/CCC1CCC(c2ccc(-c3ccc(-c4ccc(OCCCC)c(F)c4F)cc3)c(F)c2F)CC1. The molecule has 202 valence electrons. The molecule has 3 aromatic rings. The lowest BCUT2D eigenvalue weighted by atomic mass is 9.77. The highest BCUT2D eigenvalue weighted by molar-refractivity contribution is 5.72. The third-order valence-corrected chi connectivity index (χ3v) is 7.69. The zero-order valence-electron chi connectivity index (χ0n) is 22.2. The number of halogens is 4. The van der Waals surface area contributed by atoms with Gasteiger partial charge in [0.15, 0.2) is 23.2 Å². The Kier molecular flexibility index (Phi) is 9.65. The first-order valence-electron chi connectivity index (χ1n) is 13.7. The minimum atomic E-state index is -1.03. The lowest BCUT2D eigenvalue weighted by Gasteiger charge is -2.29. The lowest BCUT2D eigenvalue weighted by Crippen LogP contribution is -2.15. The molecule has 0 aliphatic heterocycles. The molecule has 1 aliphatic carbocycles. The Bertz CT molecular complexity index is 1240. The average Bonchev–Trinajstić information content (AvgIpc) is 2.94. The van der Waals surface area contributed by atoms with Crippen LogP contribution in [0.5, 0.6) is 5.75 Å². The second kappa shape index (κ2) is 13.1. The van der Waals surface area contributed by atoms with E-state index in [0.29, 0.717) is 29.2 Å². The number of rotatable bonds is 10. The summed E-state index contributed by atoms with van der Waals surface area (Å²) in [7, 11) is 0. The van der Waals surface area contributed by atoms with Crippen LogP contribution in [-0.4, -0.2) is 6.61 Å². The Morgan fingerprint density at radius 3 is 1.97 bits per heavy atom. The van der Waals surface area contributed by atoms with E-state index in [1.807, 2.05) is 13.8 Å². The first-order valence-corrected chi connectivity index (χ1v) is 13.7. The van der Waals surface area contributed by atoms with Crippen LogP contribution >= 0.6 is 0 Å². The molecule has 0 heterocycles. The van der Waals surface area contributed by atoms with E-state index in [-0.39, 0.29) is 22.8 Å². The molecular weight excluding hydrogens is 488 g/mol. The molecule has 0 bridgehead atoms. The fraction of sp³-hybridized carbons (Fsp3) is 0.394. The molecule has 0 N–H and O–H groups in total. The van der Waals surface area contributed by atoms with Crippen LogP contribution in [0.3, 0.4) is 0 Å². The monoisotopic (exact) mass is 524 g/mol. The summed E-state index contributed by atoms with van der Waals surface area (Å²) < 4.78 is 65.0. The summed E-state index contributed by atoms with van der Waals surface area (Å²) in [5, 5.41) is 0. The van der Waals surface area contributed by atoms with Crippen molar-refractivity contribution in [1.82, 2.24) is 0 Å². The summed E-state index contributed by atoms with van der Waals surface area (Å²) in [6, 6.07) is 12.6. The van der Waals surface area contributed by atoms with E-state index in [1.54, 1.807) is 36.4 Å². The molecule has 4 rings (SSSR count). The van der Waals surface area contributed by atoms with Gasteiger partial charge in [-0.15, -0.1) is 0 Å². The quantitative estimate of drug-likeness (QED) is 0.146. The molecule has 0 amide bonds. The summed E-state index contributed by atoms with van der Waals surface area (Å²) in [5.74, 6) is -3.10. The summed E-state index contributed by atoms with van der Waals surface area (Å²) in [5.41, 5.74) is 1.61. The highest BCUT2D eigenvalue weighted by atomic mass is 19.2. The summed E-state index contributed by atoms with van der Waals surface area (Å²) in [6.07, 6.45) is 11.9. The predicted molar refractivity (Wildman–Crippen MR) is 146 cm³/mol. The van der Waals surface area contributed by atoms with Gasteiger partial charge in [-0.2, -0.15) is 4.39 Å². The minimum absolute atomic E-state index is 0.0330. The van der Waals surface area contributed by atoms with Gasteiger partial charge in [0.25, 0.3) is 0 Å². The first-order chi connectivity index (χ1) is 18.4. The van der Waals surface area contributed by atoms with Crippen LogP contribution in [0.15, 0.2) is 60.7 Å². The van der Waals surface area contributed by atoms with E-state index >= 15 is 8.78 Å². The smallest absolute Gasteiger partial charge is 0.201 e. The van der Waals surface area contributed by atoms with Crippen LogP contribution in [0.1, 0.15) is 76.7 Å². The third-order valence-electron chi connectivity index (χ3n) is 7.69. The topological polar surface area (TPSA) is 9.23 Å². The van der Waals surface area contributed by atoms with Crippen molar-refractivity contribution in [3.05, 3.63) is 89.5 Å². The fourth-order valence-corrected chi connectivity index (χ4v) is 5.39. The normalized spacial score (nSPS) is 17.7. The van der Waals surface area contributed by atoms with Crippen molar-refractivity contribution in [1.29, 1.82) is 0 Å². The van der Waals surface area contributed by atoms with E-state index in [1.165, 1.54) is 12.1 Å². The van der Waals surface area contributed by atoms with Crippen molar-refractivity contribution >= 4 is 0 Å². The lowest BCUT2D eigenvalue weighted by molar-refractivity contribution is 0.289. The maximum Gasteiger partial charge on any atom is 0.201 e. The molecule has 0 saturated heterocycles. The number of hydrogen-bond donors (Lipinski definition) is 0. The van der Waals surface area contributed by atoms with Gasteiger partial charge in [0.05, 0.1) is 6.61 Å². The average molecular weight is 525 g/mol. The molecule has 0 spiro atoms. The fourth-order valence-electron chi connectivity index (χ4n) is 5.39. The molecule has 1 aliphatic rings. The maximum absolute atomic E-state index is 15.2. The summed E-state index contributed by atoms with van der Waals surface area (Å²) >= 11 is 0. The molecule has 0 radical (unpaired) electrons. The van der Waals surface area contributed by atoms with E-state index in [0.717, 1.165) is 51.4 Å². The Labute approximate surface area is 223 Å². The number of allylic oxidation sites excluding steroid dienone is 2. The molecular formula is C33H36F4O. The highest BCUT2D eigenvalue weighted by Gasteiger charge is 2.26. The van der Waals surface area contributed by atoms with E-state index in [9.17, 15) is 8.78 Å². The zero-order chi connectivity index (χ0) is 27.1. The van der Waals surface area contributed by atoms with Crippen molar-refractivity contribution < 1.29 is 22.3 Å². The van der Waals surface area contributed by atoms with Gasteiger partial charge in [0.2, 0.25) is 5.82 Å². The predicted octanol–water partition coefficient (Wildman–Crippen LogP) is 10.4. The van der Waals surface area contributed by atoms with Crippen molar-refractivity contribution in [3.63, 3.8) is 0 Å². The third kappa shape index (κ3) is 6.31. The van der Waals surface area contributed by atoms with Crippen LogP contribution in [0.4, 0.5) is 17.6 Å². The Morgan fingerprint density at radius 2 is 1.37 bits per heavy atom. The largest absolute Gasteiger partial charge is 0.490 e. The van der Waals surface area contributed by atoms with E-state index in [2.05, 4.69) is 12.2 Å². The van der Waals surface area contributed by atoms with Crippen molar-refractivity contribution in [3.8, 4) is 28.0 Å². The van der Waals surface area contributed by atoms with Crippen LogP contribution in [-0.2, 0) is 0 Å². The molecule has 1 fully saturated rings. The van der Waals surface area contributed by atoms with E-state index < -0.39 is 23.3 Å². The molecule has 1 nitrogen and oxygen atoms in total. The van der Waals surface area contributed by atoms with E-state index in [4.69, 9.17) is 4.74 Å². The standard InChI is InChI=1S/C33H36F4O/c1-3-5-7-8-22-9-11-23(12-10-22)26-17-18-27(31(35)30(26)34)24-13-15-25(16-14-24)28-19-20-29(33(37)32(28)36)38-21-6-4-2/h3,5,13-20,22-23H,4,6-12,21H2,1-2H3/b5-3+. The first kappa shape index (κ1) is 27.9. The second-order valence-corrected chi connectivity index (χ2v) is 10.2. The number of ether oxygens (including phenoxy) is 1. The van der Waals surface area contributed by atoms with Gasteiger partial charge in [0.1, 0.15) is 0 Å². The van der Waals surface area contributed by atoms with Gasteiger partial charge in [-0.25, -0.2) is 13.2 Å². The van der Waals surface area contributed by atoms with Gasteiger partial charge in [-0.3, -0.25) is 0 Å². The van der Waals surface area contributed by atoms with Crippen molar-refractivity contribution in [2.45, 2.75) is 71.1 Å². The molecule has 0 atom stereocenters. The molecule has 1 saturated carbocycles. The Hall–Kier alpha value is -3.08. The molecule has 38 heavy (non-hydrogen) atoms. The number of benzene rings is 3. The molecule has 3 aromatic carbocycles.